The van der Waals surface area contributed by atoms with Crippen molar-refractivity contribution in [1.29, 1.82) is 0 Å². The highest BCUT2D eigenvalue weighted by molar-refractivity contribution is 5.98. The molecule has 0 heterocycles. The summed E-state index contributed by atoms with van der Waals surface area (Å²) in [6.45, 7) is 1.71. The molecule has 0 amide bonds. The van der Waals surface area contributed by atoms with Crippen LogP contribution in [0.25, 0.3) is 10.8 Å². The standard InChI is InChI=1S/C19H17NO2/c1-14(19(21)22)20(16-10-3-2-4-11-16)18-13-7-9-15-8-5-6-12-17(15)18/h2-14H,1H3,(H,21,22)/t14-/m0/s1. The number of nitrogens with zero attached hydrogens (tertiary/aromatic N) is 1. The maximum absolute atomic E-state index is 11.6. The van der Waals surface area contributed by atoms with Crippen LogP contribution in [-0.4, -0.2) is 17.1 Å². The molecule has 0 aromatic heterocycles. The number of para-hydroxylation sites is 1. The SMILES string of the molecule is C[C@@H](C(=O)O)N(c1ccccc1)c1cccc2ccccc12. The Kier molecular flexibility index (Phi) is 3.79. The van der Waals surface area contributed by atoms with Gasteiger partial charge in [0.1, 0.15) is 6.04 Å². The molecule has 0 spiro atoms. The quantitative estimate of drug-likeness (QED) is 0.772. The largest absolute Gasteiger partial charge is 0.480 e. The second kappa shape index (κ2) is 5.90. The molecule has 22 heavy (non-hydrogen) atoms. The van der Waals surface area contributed by atoms with Gasteiger partial charge in [0.25, 0.3) is 0 Å². The van der Waals surface area contributed by atoms with Gasteiger partial charge >= 0.3 is 5.97 Å². The Morgan fingerprint density at radius 1 is 0.909 bits per heavy atom. The third-order valence-corrected chi connectivity index (χ3v) is 3.81. The van der Waals surface area contributed by atoms with Crippen molar-refractivity contribution in [3.05, 3.63) is 72.8 Å². The lowest BCUT2D eigenvalue weighted by Crippen LogP contribution is -2.35. The summed E-state index contributed by atoms with van der Waals surface area (Å²) in [5, 5.41) is 11.6. The van der Waals surface area contributed by atoms with E-state index in [0.717, 1.165) is 22.1 Å². The zero-order valence-corrected chi connectivity index (χ0v) is 12.3. The number of fused-ring (bicyclic) bond motifs is 1. The van der Waals surface area contributed by atoms with Gasteiger partial charge in [0.15, 0.2) is 0 Å². The molecule has 0 bridgehead atoms. The van der Waals surface area contributed by atoms with Crippen LogP contribution in [0.3, 0.4) is 0 Å². The molecule has 0 fully saturated rings. The fourth-order valence-electron chi connectivity index (χ4n) is 2.69. The number of hydrogen-bond acceptors (Lipinski definition) is 2. The van der Waals surface area contributed by atoms with E-state index in [9.17, 15) is 9.90 Å². The van der Waals surface area contributed by atoms with Crippen LogP contribution in [0.4, 0.5) is 11.4 Å². The van der Waals surface area contributed by atoms with Crippen molar-refractivity contribution in [2.45, 2.75) is 13.0 Å². The molecule has 1 N–H and O–H groups in total. The first-order valence-electron chi connectivity index (χ1n) is 7.23. The first kappa shape index (κ1) is 14.1. The molecule has 0 radical (unpaired) electrons. The van der Waals surface area contributed by atoms with E-state index in [1.165, 1.54) is 0 Å². The minimum atomic E-state index is -0.850. The van der Waals surface area contributed by atoms with Crippen molar-refractivity contribution in [2.24, 2.45) is 0 Å². The fraction of sp³-hybridized carbons (Fsp3) is 0.105. The molecule has 3 aromatic carbocycles. The van der Waals surface area contributed by atoms with Crippen LogP contribution in [-0.2, 0) is 4.79 Å². The summed E-state index contributed by atoms with van der Waals surface area (Å²) in [5.74, 6) is -0.850. The van der Waals surface area contributed by atoms with E-state index in [-0.39, 0.29) is 0 Å². The minimum absolute atomic E-state index is 0.659. The van der Waals surface area contributed by atoms with Gasteiger partial charge in [0, 0.05) is 16.8 Å². The average molecular weight is 291 g/mol. The van der Waals surface area contributed by atoms with E-state index in [4.69, 9.17) is 0 Å². The van der Waals surface area contributed by atoms with Gasteiger partial charge in [0.2, 0.25) is 0 Å². The Morgan fingerprint density at radius 3 is 2.27 bits per heavy atom. The van der Waals surface area contributed by atoms with Crippen molar-refractivity contribution < 1.29 is 9.90 Å². The topological polar surface area (TPSA) is 40.5 Å². The molecule has 0 aliphatic rings. The van der Waals surface area contributed by atoms with E-state index in [1.54, 1.807) is 6.92 Å². The third kappa shape index (κ3) is 2.53. The smallest absolute Gasteiger partial charge is 0.326 e. The molecule has 3 heteroatoms. The summed E-state index contributed by atoms with van der Waals surface area (Å²) in [5.41, 5.74) is 1.77. The lowest BCUT2D eigenvalue weighted by molar-refractivity contribution is -0.137. The van der Waals surface area contributed by atoms with Gasteiger partial charge in [0.05, 0.1) is 0 Å². The predicted octanol–water partition coefficient (Wildman–Crippen LogP) is 4.45. The van der Waals surface area contributed by atoms with Gasteiger partial charge in [-0.15, -0.1) is 0 Å². The highest BCUT2D eigenvalue weighted by Gasteiger charge is 2.23. The summed E-state index contributed by atoms with van der Waals surface area (Å²) in [4.78, 5) is 13.4. The van der Waals surface area contributed by atoms with Crippen LogP contribution >= 0.6 is 0 Å². The maximum atomic E-state index is 11.6. The Bertz CT molecular complexity index is 793. The highest BCUT2D eigenvalue weighted by atomic mass is 16.4. The molecule has 110 valence electrons. The molecule has 0 saturated heterocycles. The molecule has 3 aromatic rings. The number of carboxylic acids is 1. The predicted molar refractivity (Wildman–Crippen MR) is 89.6 cm³/mol. The second-order valence-electron chi connectivity index (χ2n) is 5.22. The third-order valence-electron chi connectivity index (χ3n) is 3.81. The van der Waals surface area contributed by atoms with Crippen LogP contribution in [0.2, 0.25) is 0 Å². The summed E-state index contributed by atoms with van der Waals surface area (Å²) >= 11 is 0. The summed E-state index contributed by atoms with van der Waals surface area (Å²) in [7, 11) is 0. The number of carbonyl (C=O) groups is 1. The summed E-state index contributed by atoms with van der Waals surface area (Å²) < 4.78 is 0. The van der Waals surface area contributed by atoms with Crippen molar-refractivity contribution >= 4 is 28.1 Å². The molecule has 3 rings (SSSR count). The molecule has 3 nitrogen and oxygen atoms in total. The molecule has 0 saturated carbocycles. The van der Waals surface area contributed by atoms with Crippen LogP contribution in [0, 0.1) is 0 Å². The number of hydrogen-bond donors (Lipinski definition) is 1. The van der Waals surface area contributed by atoms with Crippen molar-refractivity contribution in [3.63, 3.8) is 0 Å². The minimum Gasteiger partial charge on any atom is -0.480 e. The van der Waals surface area contributed by atoms with Gasteiger partial charge in [-0.25, -0.2) is 4.79 Å². The van der Waals surface area contributed by atoms with E-state index in [1.807, 2.05) is 77.7 Å². The molecule has 0 unspecified atom stereocenters. The van der Waals surface area contributed by atoms with Gasteiger partial charge in [-0.05, 0) is 30.5 Å². The molecule has 0 aliphatic carbocycles. The summed E-state index contributed by atoms with van der Waals surface area (Å²) in [6, 6.07) is 22.9. The molecule has 1 atom stereocenters. The highest BCUT2D eigenvalue weighted by Crippen LogP contribution is 2.33. The van der Waals surface area contributed by atoms with Gasteiger partial charge in [-0.3, -0.25) is 0 Å². The number of benzene rings is 3. The lowest BCUT2D eigenvalue weighted by atomic mass is 10.1. The fourth-order valence-corrected chi connectivity index (χ4v) is 2.69. The Balaban J connectivity index is 2.23. The van der Waals surface area contributed by atoms with Crippen LogP contribution < -0.4 is 4.90 Å². The van der Waals surface area contributed by atoms with Crippen molar-refractivity contribution in [1.82, 2.24) is 0 Å². The average Bonchev–Trinajstić information content (AvgIpc) is 2.56. The van der Waals surface area contributed by atoms with E-state index in [2.05, 4.69) is 0 Å². The molecular weight excluding hydrogens is 274 g/mol. The maximum Gasteiger partial charge on any atom is 0.326 e. The summed E-state index contributed by atoms with van der Waals surface area (Å²) in [6.07, 6.45) is 0. The van der Waals surface area contributed by atoms with Crippen LogP contribution in [0.5, 0.6) is 0 Å². The zero-order valence-electron chi connectivity index (χ0n) is 12.3. The number of aliphatic carboxylic acids is 1. The Morgan fingerprint density at radius 2 is 1.55 bits per heavy atom. The van der Waals surface area contributed by atoms with Gasteiger partial charge in [-0.1, -0.05) is 54.6 Å². The normalized spacial score (nSPS) is 12.0. The number of rotatable bonds is 4. The van der Waals surface area contributed by atoms with E-state index >= 15 is 0 Å². The molecule has 0 aliphatic heterocycles. The monoisotopic (exact) mass is 291 g/mol. The molecular formula is C19H17NO2. The Labute approximate surface area is 129 Å². The van der Waals surface area contributed by atoms with Gasteiger partial charge < -0.3 is 10.0 Å². The number of anilines is 2. The first-order chi connectivity index (χ1) is 10.7. The van der Waals surface area contributed by atoms with E-state index in [0.29, 0.717) is 0 Å². The Hall–Kier alpha value is -2.81. The first-order valence-corrected chi connectivity index (χ1v) is 7.23. The van der Waals surface area contributed by atoms with Crippen molar-refractivity contribution in [2.75, 3.05) is 4.90 Å². The van der Waals surface area contributed by atoms with Gasteiger partial charge in [-0.2, -0.15) is 0 Å². The second-order valence-corrected chi connectivity index (χ2v) is 5.22. The van der Waals surface area contributed by atoms with E-state index < -0.39 is 12.0 Å². The zero-order chi connectivity index (χ0) is 15.5. The van der Waals surface area contributed by atoms with Crippen LogP contribution in [0.15, 0.2) is 72.8 Å². The van der Waals surface area contributed by atoms with Crippen LogP contribution in [0.1, 0.15) is 6.92 Å². The lowest BCUT2D eigenvalue weighted by Gasteiger charge is -2.30. The van der Waals surface area contributed by atoms with Crippen molar-refractivity contribution in [3.8, 4) is 0 Å². The number of carboxylic acid groups (broad SMARTS) is 1.